The molecule has 0 aliphatic carbocycles. The topological polar surface area (TPSA) is 55.1 Å². The highest BCUT2D eigenvalue weighted by Crippen LogP contribution is 2.05. The molecular weight excluding hydrogens is 168 g/mol. The molecule has 1 aromatic rings. The minimum absolute atomic E-state index is 0.114. The predicted octanol–water partition coefficient (Wildman–Crippen LogP) is 1.63. The molecule has 1 rings (SSSR count). The summed E-state index contributed by atoms with van der Waals surface area (Å²) in [6.45, 7) is 5.07. The average molecular weight is 182 g/mol. The van der Waals surface area contributed by atoms with Gasteiger partial charge in [0.2, 0.25) is 0 Å². The van der Waals surface area contributed by atoms with Crippen molar-refractivity contribution in [3.8, 4) is 0 Å². The maximum Gasteiger partial charge on any atom is 0.356 e. The van der Waals surface area contributed by atoms with E-state index in [1.165, 1.54) is 0 Å². The van der Waals surface area contributed by atoms with Crippen LogP contribution in [0.1, 0.15) is 30.8 Å². The Morgan fingerprint density at radius 2 is 2.46 bits per heavy atom. The summed E-state index contributed by atoms with van der Waals surface area (Å²) in [7, 11) is 0. The number of imidazole rings is 1. The maximum atomic E-state index is 10.5. The molecule has 0 spiro atoms. The molecule has 0 aliphatic heterocycles. The maximum absolute atomic E-state index is 10.5. The third-order valence-corrected chi connectivity index (χ3v) is 2.07. The lowest BCUT2D eigenvalue weighted by Gasteiger charge is -2.07. The molecule has 1 aromatic heterocycles. The smallest absolute Gasteiger partial charge is 0.356 e. The number of aromatic nitrogens is 2. The molecule has 1 atom stereocenters. The summed E-state index contributed by atoms with van der Waals surface area (Å²) in [5.41, 5.74) is 0.114. The molecule has 13 heavy (non-hydrogen) atoms. The van der Waals surface area contributed by atoms with Gasteiger partial charge in [-0.1, -0.05) is 20.3 Å². The zero-order valence-corrected chi connectivity index (χ0v) is 7.90. The lowest BCUT2D eigenvalue weighted by atomic mass is 10.1. The molecule has 0 bridgehead atoms. The Balaban J connectivity index is 2.64. The van der Waals surface area contributed by atoms with E-state index >= 15 is 0 Å². The summed E-state index contributed by atoms with van der Waals surface area (Å²) in [5, 5.41) is 8.61. The molecule has 0 saturated carbocycles. The standard InChI is InChI=1S/C9H14N2O2/c1-3-7(2)4-11-5-8(9(12)13)10-6-11/h5-7H,3-4H2,1-2H3,(H,12,13). The Morgan fingerprint density at radius 1 is 1.77 bits per heavy atom. The van der Waals surface area contributed by atoms with Crippen LogP contribution in [0.25, 0.3) is 0 Å². The second-order valence-electron chi connectivity index (χ2n) is 3.27. The lowest BCUT2D eigenvalue weighted by Crippen LogP contribution is -2.04. The third kappa shape index (κ3) is 2.57. The van der Waals surface area contributed by atoms with E-state index in [2.05, 4.69) is 18.8 Å². The number of aromatic carboxylic acids is 1. The zero-order chi connectivity index (χ0) is 9.84. The molecule has 0 aromatic carbocycles. The van der Waals surface area contributed by atoms with E-state index in [1.54, 1.807) is 12.5 Å². The first-order valence-corrected chi connectivity index (χ1v) is 4.38. The number of hydrogen-bond acceptors (Lipinski definition) is 2. The second-order valence-corrected chi connectivity index (χ2v) is 3.27. The number of hydrogen-bond donors (Lipinski definition) is 1. The Morgan fingerprint density at radius 3 is 2.92 bits per heavy atom. The monoisotopic (exact) mass is 182 g/mol. The molecule has 0 fully saturated rings. The van der Waals surface area contributed by atoms with Crippen molar-refractivity contribution < 1.29 is 9.90 Å². The molecule has 1 N–H and O–H groups in total. The summed E-state index contributed by atoms with van der Waals surface area (Å²) in [6, 6.07) is 0. The van der Waals surface area contributed by atoms with Gasteiger partial charge in [0.1, 0.15) is 0 Å². The van der Waals surface area contributed by atoms with Crippen LogP contribution in [0.15, 0.2) is 12.5 Å². The van der Waals surface area contributed by atoms with Gasteiger partial charge in [-0.3, -0.25) is 0 Å². The van der Waals surface area contributed by atoms with E-state index in [1.807, 2.05) is 4.57 Å². The fourth-order valence-electron chi connectivity index (χ4n) is 1.06. The van der Waals surface area contributed by atoms with Gasteiger partial charge in [0.25, 0.3) is 0 Å². The van der Waals surface area contributed by atoms with E-state index in [0.717, 1.165) is 13.0 Å². The third-order valence-electron chi connectivity index (χ3n) is 2.07. The van der Waals surface area contributed by atoms with E-state index in [9.17, 15) is 4.79 Å². The highest BCUT2D eigenvalue weighted by molar-refractivity contribution is 5.84. The van der Waals surface area contributed by atoms with Crippen molar-refractivity contribution in [3.05, 3.63) is 18.2 Å². The van der Waals surface area contributed by atoms with Gasteiger partial charge in [0.15, 0.2) is 5.69 Å². The largest absolute Gasteiger partial charge is 0.476 e. The number of carbonyl (C=O) groups is 1. The molecule has 1 heterocycles. The van der Waals surface area contributed by atoms with Crippen LogP contribution < -0.4 is 0 Å². The van der Waals surface area contributed by atoms with E-state index in [-0.39, 0.29) is 5.69 Å². The van der Waals surface area contributed by atoms with Crippen LogP contribution in [0.2, 0.25) is 0 Å². The number of nitrogens with zero attached hydrogens (tertiary/aromatic N) is 2. The Kier molecular flexibility index (Phi) is 3.06. The Bertz CT molecular complexity index is 294. The molecule has 0 saturated heterocycles. The average Bonchev–Trinajstić information content (AvgIpc) is 2.52. The first-order chi connectivity index (χ1) is 6.13. The normalized spacial score (nSPS) is 12.8. The number of rotatable bonds is 4. The second kappa shape index (κ2) is 4.07. The highest BCUT2D eigenvalue weighted by atomic mass is 16.4. The van der Waals surface area contributed by atoms with Crippen molar-refractivity contribution in [1.82, 2.24) is 9.55 Å². The van der Waals surface area contributed by atoms with Crippen LogP contribution in [0.5, 0.6) is 0 Å². The quantitative estimate of drug-likeness (QED) is 0.769. The van der Waals surface area contributed by atoms with Crippen LogP contribution in [0.4, 0.5) is 0 Å². The first kappa shape index (κ1) is 9.77. The molecule has 0 amide bonds. The van der Waals surface area contributed by atoms with Crippen molar-refractivity contribution in [2.45, 2.75) is 26.8 Å². The van der Waals surface area contributed by atoms with Crippen molar-refractivity contribution in [2.24, 2.45) is 5.92 Å². The first-order valence-electron chi connectivity index (χ1n) is 4.38. The highest BCUT2D eigenvalue weighted by Gasteiger charge is 2.07. The summed E-state index contributed by atoms with van der Waals surface area (Å²) in [5.74, 6) is -0.418. The Hall–Kier alpha value is -1.32. The summed E-state index contributed by atoms with van der Waals surface area (Å²) in [4.78, 5) is 14.3. The van der Waals surface area contributed by atoms with Crippen LogP contribution in [0, 0.1) is 5.92 Å². The molecule has 4 nitrogen and oxygen atoms in total. The van der Waals surface area contributed by atoms with Gasteiger partial charge >= 0.3 is 5.97 Å². The van der Waals surface area contributed by atoms with Crippen LogP contribution in [-0.2, 0) is 6.54 Å². The lowest BCUT2D eigenvalue weighted by molar-refractivity contribution is 0.0691. The van der Waals surface area contributed by atoms with Gasteiger partial charge in [-0.2, -0.15) is 0 Å². The van der Waals surface area contributed by atoms with Crippen LogP contribution >= 0.6 is 0 Å². The fourth-order valence-corrected chi connectivity index (χ4v) is 1.06. The summed E-state index contributed by atoms with van der Waals surface area (Å²) in [6.07, 6.45) is 4.21. The molecule has 1 unspecified atom stereocenters. The van der Waals surface area contributed by atoms with Gasteiger partial charge < -0.3 is 9.67 Å². The van der Waals surface area contributed by atoms with Crippen LogP contribution in [0.3, 0.4) is 0 Å². The molecule has 72 valence electrons. The van der Waals surface area contributed by atoms with Gasteiger partial charge in [-0.25, -0.2) is 9.78 Å². The molecule has 0 aliphatic rings. The minimum atomic E-state index is -0.970. The fraction of sp³-hybridized carbons (Fsp3) is 0.556. The summed E-state index contributed by atoms with van der Waals surface area (Å²) >= 11 is 0. The molecule has 0 radical (unpaired) electrons. The molecule has 4 heteroatoms. The van der Waals surface area contributed by atoms with Gasteiger partial charge in [0, 0.05) is 12.7 Å². The van der Waals surface area contributed by atoms with Gasteiger partial charge in [-0.15, -0.1) is 0 Å². The van der Waals surface area contributed by atoms with Gasteiger partial charge in [-0.05, 0) is 5.92 Å². The van der Waals surface area contributed by atoms with Crippen LogP contribution in [-0.4, -0.2) is 20.6 Å². The Labute approximate surface area is 77.2 Å². The van der Waals surface area contributed by atoms with Crippen molar-refractivity contribution >= 4 is 5.97 Å². The summed E-state index contributed by atoms with van der Waals surface area (Å²) < 4.78 is 1.82. The van der Waals surface area contributed by atoms with Crippen molar-refractivity contribution in [3.63, 3.8) is 0 Å². The van der Waals surface area contributed by atoms with E-state index in [4.69, 9.17) is 5.11 Å². The number of carboxylic acid groups (broad SMARTS) is 1. The van der Waals surface area contributed by atoms with E-state index < -0.39 is 5.97 Å². The van der Waals surface area contributed by atoms with Gasteiger partial charge in [0.05, 0.1) is 6.33 Å². The zero-order valence-electron chi connectivity index (χ0n) is 7.90. The SMILES string of the molecule is CCC(C)Cn1cnc(C(=O)O)c1. The van der Waals surface area contributed by atoms with E-state index in [0.29, 0.717) is 5.92 Å². The minimum Gasteiger partial charge on any atom is -0.476 e. The predicted molar refractivity (Wildman–Crippen MR) is 48.6 cm³/mol. The van der Waals surface area contributed by atoms with Crippen molar-refractivity contribution in [2.75, 3.05) is 0 Å². The molecular formula is C9H14N2O2. The van der Waals surface area contributed by atoms with Crippen molar-refractivity contribution in [1.29, 1.82) is 0 Å². The number of carboxylic acids is 1.